The van der Waals surface area contributed by atoms with Gasteiger partial charge in [0.25, 0.3) is 5.91 Å². The largest absolute Gasteiger partial charge is 0.548 e. The van der Waals surface area contributed by atoms with Gasteiger partial charge in [0.1, 0.15) is 4.32 Å². The molecule has 23 heavy (non-hydrogen) atoms. The van der Waals surface area contributed by atoms with Crippen molar-refractivity contribution in [2.75, 3.05) is 12.0 Å². The highest BCUT2D eigenvalue weighted by atomic mass is 32.2. The van der Waals surface area contributed by atoms with Crippen LogP contribution >= 0.6 is 35.7 Å². The zero-order chi connectivity index (χ0) is 17.0. The minimum atomic E-state index is -1.27. The molecule has 1 atom stereocenters. The first-order valence-corrected chi connectivity index (χ1v) is 9.59. The number of carbonyl (C=O) groups is 2. The van der Waals surface area contributed by atoms with E-state index in [0.717, 1.165) is 22.9 Å². The standard InChI is InChI=1S/C16H17NO3S3/c1-10-3-5-11(6-4-10)9-13-14(18)17(16(21)23-13)12(15(19)20)7-8-22-2/h3-6,9,12H,7-8H2,1-2H3,(H,19,20)/p-1. The van der Waals surface area contributed by atoms with Gasteiger partial charge >= 0.3 is 0 Å². The fourth-order valence-electron chi connectivity index (χ4n) is 2.14. The van der Waals surface area contributed by atoms with Gasteiger partial charge in [-0.25, -0.2) is 0 Å². The number of nitrogens with zero attached hydrogens (tertiary/aromatic N) is 1. The molecule has 1 heterocycles. The Morgan fingerprint density at radius 3 is 2.65 bits per heavy atom. The predicted molar refractivity (Wildman–Crippen MR) is 98.0 cm³/mol. The summed E-state index contributed by atoms with van der Waals surface area (Å²) in [5.41, 5.74) is 2.01. The number of thiocarbonyl (C=S) groups is 1. The molecule has 0 saturated carbocycles. The highest BCUT2D eigenvalue weighted by Gasteiger charge is 2.37. The molecule has 0 spiro atoms. The van der Waals surface area contributed by atoms with Gasteiger partial charge in [-0.15, -0.1) is 0 Å². The summed E-state index contributed by atoms with van der Waals surface area (Å²) in [7, 11) is 0. The van der Waals surface area contributed by atoms with Gasteiger partial charge in [-0.05, 0) is 37.0 Å². The number of aliphatic carboxylic acids is 1. The topological polar surface area (TPSA) is 60.4 Å². The van der Waals surface area contributed by atoms with E-state index in [1.807, 2.05) is 37.4 Å². The predicted octanol–water partition coefficient (Wildman–Crippen LogP) is 2.07. The number of aryl methyl sites for hydroxylation is 1. The average Bonchev–Trinajstić information content (AvgIpc) is 2.77. The van der Waals surface area contributed by atoms with Crippen LogP contribution in [0.1, 0.15) is 17.5 Å². The number of carboxylic acid groups (broad SMARTS) is 1. The quantitative estimate of drug-likeness (QED) is 0.567. The SMILES string of the molecule is CSCCC(C(=O)[O-])N1C(=O)C(=Cc2ccc(C)cc2)SC1=S. The van der Waals surface area contributed by atoms with Crippen molar-refractivity contribution in [3.05, 3.63) is 40.3 Å². The van der Waals surface area contributed by atoms with Crippen LogP contribution in [0.4, 0.5) is 0 Å². The smallest absolute Gasteiger partial charge is 0.266 e. The van der Waals surface area contributed by atoms with Crippen molar-refractivity contribution in [3.8, 4) is 0 Å². The van der Waals surface area contributed by atoms with Crippen molar-refractivity contribution in [3.63, 3.8) is 0 Å². The molecule has 0 aliphatic carbocycles. The Kier molecular flexibility index (Phi) is 6.26. The van der Waals surface area contributed by atoms with Gasteiger partial charge < -0.3 is 9.90 Å². The first-order valence-electron chi connectivity index (χ1n) is 6.97. The number of amides is 1. The minimum Gasteiger partial charge on any atom is -0.548 e. The second-order valence-corrected chi connectivity index (χ2v) is 7.74. The second kappa shape index (κ2) is 7.99. The molecule has 122 valence electrons. The van der Waals surface area contributed by atoms with Gasteiger partial charge in [0.15, 0.2) is 0 Å². The summed E-state index contributed by atoms with van der Waals surface area (Å²) in [5.74, 6) is -1.02. The van der Waals surface area contributed by atoms with E-state index in [1.165, 1.54) is 16.7 Å². The molecule has 0 aromatic heterocycles. The summed E-state index contributed by atoms with van der Waals surface area (Å²) < 4.78 is 0.267. The molecule has 1 aliphatic heterocycles. The van der Waals surface area contributed by atoms with Crippen molar-refractivity contribution >= 4 is 58.0 Å². The highest BCUT2D eigenvalue weighted by Crippen LogP contribution is 2.34. The number of carbonyl (C=O) groups excluding carboxylic acids is 2. The van der Waals surface area contributed by atoms with E-state index in [1.54, 1.807) is 6.08 Å². The summed E-state index contributed by atoms with van der Waals surface area (Å²) in [4.78, 5) is 25.5. The Hall–Kier alpha value is -1.31. The third-order valence-electron chi connectivity index (χ3n) is 3.38. The van der Waals surface area contributed by atoms with E-state index in [0.29, 0.717) is 17.1 Å². The summed E-state index contributed by atoms with van der Waals surface area (Å²) in [6.07, 6.45) is 3.93. The Morgan fingerprint density at radius 2 is 2.09 bits per heavy atom. The molecule has 0 radical (unpaired) electrons. The van der Waals surface area contributed by atoms with Gasteiger partial charge in [0.2, 0.25) is 0 Å². The Balaban J connectivity index is 2.24. The molecule has 1 aliphatic rings. The Morgan fingerprint density at radius 1 is 1.43 bits per heavy atom. The van der Waals surface area contributed by atoms with E-state index in [-0.39, 0.29) is 10.2 Å². The lowest BCUT2D eigenvalue weighted by molar-refractivity contribution is -0.310. The maximum atomic E-state index is 12.5. The maximum absolute atomic E-state index is 12.5. The number of benzene rings is 1. The summed E-state index contributed by atoms with van der Waals surface area (Å²) in [6.45, 7) is 1.99. The molecule has 1 fully saturated rings. The number of hydrogen-bond acceptors (Lipinski definition) is 6. The summed E-state index contributed by atoms with van der Waals surface area (Å²) >= 11 is 7.86. The van der Waals surface area contributed by atoms with Crippen LogP contribution in [-0.2, 0) is 9.59 Å². The van der Waals surface area contributed by atoms with Crippen molar-refractivity contribution in [1.82, 2.24) is 4.90 Å². The number of carboxylic acids is 1. The number of hydrogen-bond donors (Lipinski definition) is 0. The molecule has 2 rings (SSSR count). The van der Waals surface area contributed by atoms with Gasteiger partial charge in [-0.3, -0.25) is 9.69 Å². The Bertz CT molecular complexity index is 655. The van der Waals surface area contributed by atoms with Gasteiger partial charge in [-0.2, -0.15) is 11.8 Å². The molecule has 1 aromatic rings. The van der Waals surface area contributed by atoms with Crippen molar-refractivity contribution in [1.29, 1.82) is 0 Å². The highest BCUT2D eigenvalue weighted by molar-refractivity contribution is 8.26. The molecule has 1 unspecified atom stereocenters. The molecule has 1 saturated heterocycles. The molecule has 7 heteroatoms. The normalized spacial score (nSPS) is 17.8. The number of thioether (sulfide) groups is 2. The van der Waals surface area contributed by atoms with Crippen LogP contribution in [0.5, 0.6) is 0 Å². The van der Waals surface area contributed by atoms with E-state index < -0.39 is 12.0 Å². The third-order valence-corrected chi connectivity index (χ3v) is 5.35. The van der Waals surface area contributed by atoms with Crippen molar-refractivity contribution in [2.45, 2.75) is 19.4 Å². The molecule has 1 aromatic carbocycles. The van der Waals surface area contributed by atoms with E-state index in [9.17, 15) is 14.7 Å². The van der Waals surface area contributed by atoms with Gasteiger partial charge in [-0.1, -0.05) is 53.8 Å². The first-order chi connectivity index (χ1) is 10.9. The van der Waals surface area contributed by atoms with Crippen LogP contribution in [-0.4, -0.2) is 39.1 Å². The second-order valence-electron chi connectivity index (χ2n) is 5.08. The Labute approximate surface area is 149 Å². The van der Waals surface area contributed by atoms with Gasteiger partial charge in [0, 0.05) is 0 Å². The lowest BCUT2D eigenvalue weighted by Crippen LogP contribution is -2.50. The van der Waals surface area contributed by atoms with E-state index in [4.69, 9.17) is 12.2 Å². The van der Waals surface area contributed by atoms with E-state index in [2.05, 4.69) is 0 Å². The summed E-state index contributed by atoms with van der Waals surface area (Å²) in [5, 5.41) is 11.4. The lowest BCUT2D eigenvalue weighted by Gasteiger charge is -2.27. The van der Waals surface area contributed by atoms with Crippen LogP contribution in [0.2, 0.25) is 0 Å². The first kappa shape index (κ1) is 18.0. The van der Waals surface area contributed by atoms with Crippen LogP contribution < -0.4 is 5.11 Å². The monoisotopic (exact) mass is 366 g/mol. The molecular weight excluding hydrogens is 350 g/mol. The molecule has 0 N–H and O–H groups in total. The van der Waals surface area contributed by atoms with Crippen molar-refractivity contribution < 1.29 is 14.7 Å². The summed E-state index contributed by atoms with van der Waals surface area (Å²) in [6, 6.07) is 6.71. The molecular formula is C16H16NO3S3-. The number of rotatable bonds is 6. The molecule has 4 nitrogen and oxygen atoms in total. The van der Waals surface area contributed by atoms with Crippen molar-refractivity contribution in [2.24, 2.45) is 0 Å². The van der Waals surface area contributed by atoms with Crippen LogP contribution in [0.15, 0.2) is 29.2 Å². The van der Waals surface area contributed by atoms with Crippen LogP contribution in [0, 0.1) is 6.92 Å². The minimum absolute atomic E-state index is 0.267. The lowest BCUT2D eigenvalue weighted by atomic mass is 10.1. The van der Waals surface area contributed by atoms with E-state index >= 15 is 0 Å². The third kappa shape index (κ3) is 4.37. The fourth-order valence-corrected chi connectivity index (χ4v) is 3.96. The van der Waals surface area contributed by atoms with Crippen LogP contribution in [0.3, 0.4) is 0 Å². The maximum Gasteiger partial charge on any atom is 0.266 e. The average molecular weight is 367 g/mol. The fraction of sp³-hybridized carbons (Fsp3) is 0.312. The zero-order valence-corrected chi connectivity index (χ0v) is 15.2. The molecule has 1 amide bonds. The zero-order valence-electron chi connectivity index (χ0n) is 12.8. The van der Waals surface area contributed by atoms with Crippen LogP contribution in [0.25, 0.3) is 6.08 Å². The molecule has 0 bridgehead atoms. The van der Waals surface area contributed by atoms with Gasteiger partial charge in [0.05, 0.1) is 16.9 Å².